The highest BCUT2D eigenvalue weighted by atomic mass is 32.1. The summed E-state index contributed by atoms with van der Waals surface area (Å²) < 4.78 is 5.78. The van der Waals surface area contributed by atoms with Crippen molar-refractivity contribution in [3.63, 3.8) is 0 Å². The molecule has 0 saturated heterocycles. The van der Waals surface area contributed by atoms with Gasteiger partial charge in [-0.25, -0.2) is 0 Å². The first-order chi connectivity index (χ1) is 11.1. The summed E-state index contributed by atoms with van der Waals surface area (Å²) in [5, 5.41) is 21.5. The van der Waals surface area contributed by atoms with Crippen molar-refractivity contribution >= 4 is 22.2 Å². The number of ether oxygens (including phenoxy) is 1. The van der Waals surface area contributed by atoms with Crippen LogP contribution in [0, 0.1) is 13.8 Å². The molecule has 0 spiro atoms. The Morgan fingerprint density at radius 3 is 2.96 bits per heavy atom. The first kappa shape index (κ1) is 16.0. The number of aryl methyl sites for hydroxylation is 2. The molecule has 23 heavy (non-hydrogen) atoms. The van der Waals surface area contributed by atoms with E-state index >= 15 is 0 Å². The van der Waals surface area contributed by atoms with Crippen LogP contribution in [-0.2, 0) is 6.54 Å². The number of nitrogens with one attached hydrogen (secondary N) is 2. The highest BCUT2D eigenvalue weighted by Crippen LogP contribution is 2.26. The fraction of sp³-hybridized carbons (Fsp3) is 0.353. The van der Waals surface area contributed by atoms with E-state index in [0.29, 0.717) is 6.54 Å². The van der Waals surface area contributed by atoms with Gasteiger partial charge in [-0.15, -0.1) is 11.3 Å². The van der Waals surface area contributed by atoms with E-state index in [0.717, 1.165) is 28.9 Å². The van der Waals surface area contributed by atoms with Crippen LogP contribution in [0.1, 0.15) is 15.4 Å². The van der Waals surface area contributed by atoms with Crippen molar-refractivity contribution in [3.8, 4) is 5.75 Å². The maximum atomic E-state index is 10.1. The van der Waals surface area contributed by atoms with Gasteiger partial charge in [0.25, 0.3) is 0 Å². The van der Waals surface area contributed by atoms with Gasteiger partial charge in [-0.05, 0) is 38.1 Å². The van der Waals surface area contributed by atoms with E-state index in [2.05, 4.69) is 34.6 Å². The molecule has 6 heteroatoms. The van der Waals surface area contributed by atoms with E-state index in [-0.39, 0.29) is 6.61 Å². The molecule has 122 valence electrons. The average Bonchev–Trinajstić information content (AvgIpc) is 3.12. The molecule has 0 aliphatic carbocycles. The molecule has 0 unspecified atom stereocenters. The van der Waals surface area contributed by atoms with Crippen LogP contribution in [0.3, 0.4) is 0 Å². The predicted octanol–water partition coefficient (Wildman–Crippen LogP) is 2.77. The standard InChI is InChI=1S/C17H21N3O2S/c1-11-6-7-14(23-11)9-18-8-13(21)10-22-16-5-3-4-15-17(16)12(2)19-20-15/h3-7,13,18,21H,8-10H2,1-2H3,(H,19,20)/t13-/m0/s1. The second-order valence-electron chi connectivity index (χ2n) is 5.60. The minimum Gasteiger partial charge on any atom is -0.490 e. The predicted molar refractivity (Wildman–Crippen MR) is 93.1 cm³/mol. The zero-order valence-electron chi connectivity index (χ0n) is 13.3. The van der Waals surface area contributed by atoms with Gasteiger partial charge >= 0.3 is 0 Å². The van der Waals surface area contributed by atoms with Gasteiger partial charge in [0.05, 0.1) is 16.6 Å². The molecule has 0 bridgehead atoms. The van der Waals surface area contributed by atoms with E-state index in [4.69, 9.17) is 4.74 Å². The lowest BCUT2D eigenvalue weighted by Crippen LogP contribution is -2.31. The molecule has 3 aromatic rings. The normalized spacial score (nSPS) is 12.7. The Hall–Kier alpha value is -1.89. The van der Waals surface area contributed by atoms with Crippen LogP contribution in [-0.4, -0.2) is 34.6 Å². The highest BCUT2D eigenvalue weighted by molar-refractivity contribution is 7.11. The van der Waals surface area contributed by atoms with Crippen LogP contribution < -0.4 is 10.1 Å². The number of rotatable bonds is 7. The van der Waals surface area contributed by atoms with Crippen molar-refractivity contribution in [2.24, 2.45) is 0 Å². The summed E-state index contributed by atoms with van der Waals surface area (Å²) in [4.78, 5) is 2.57. The smallest absolute Gasteiger partial charge is 0.130 e. The lowest BCUT2D eigenvalue weighted by molar-refractivity contribution is 0.107. The molecule has 0 aliphatic heterocycles. The van der Waals surface area contributed by atoms with E-state index in [1.54, 1.807) is 11.3 Å². The number of aliphatic hydroxyl groups excluding tert-OH is 1. The molecule has 2 aromatic heterocycles. The number of aromatic nitrogens is 2. The van der Waals surface area contributed by atoms with Crippen LogP contribution in [0.4, 0.5) is 0 Å². The number of thiophene rings is 1. The number of aromatic amines is 1. The van der Waals surface area contributed by atoms with Crippen LogP contribution in [0.25, 0.3) is 10.9 Å². The first-order valence-corrected chi connectivity index (χ1v) is 8.45. The quantitative estimate of drug-likeness (QED) is 0.623. The van der Waals surface area contributed by atoms with Gasteiger partial charge in [0.1, 0.15) is 18.5 Å². The molecule has 0 amide bonds. The molecule has 1 atom stereocenters. The third kappa shape index (κ3) is 3.90. The molecular formula is C17H21N3O2S. The van der Waals surface area contributed by atoms with Gasteiger partial charge in [-0.2, -0.15) is 5.10 Å². The van der Waals surface area contributed by atoms with Gasteiger partial charge in [-0.1, -0.05) is 6.07 Å². The Labute approximate surface area is 139 Å². The lowest BCUT2D eigenvalue weighted by atomic mass is 10.2. The highest BCUT2D eigenvalue weighted by Gasteiger charge is 2.10. The molecule has 1 aromatic carbocycles. The SMILES string of the molecule is Cc1ccc(CNC[C@H](O)COc2cccc3[nH]nc(C)c23)s1. The Kier molecular flexibility index (Phi) is 4.95. The van der Waals surface area contributed by atoms with Crippen molar-refractivity contribution in [3.05, 3.63) is 45.8 Å². The number of hydrogen-bond acceptors (Lipinski definition) is 5. The molecular weight excluding hydrogens is 310 g/mol. The zero-order chi connectivity index (χ0) is 16.2. The van der Waals surface area contributed by atoms with E-state index in [1.165, 1.54) is 9.75 Å². The van der Waals surface area contributed by atoms with Gasteiger partial charge < -0.3 is 15.2 Å². The van der Waals surface area contributed by atoms with Gasteiger partial charge in [-0.3, -0.25) is 5.10 Å². The fourth-order valence-corrected chi connectivity index (χ4v) is 3.36. The Morgan fingerprint density at radius 2 is 2.17 bits per heavy atom. The maximum Gasteiger partial charge on any atom is 0.130 e. The third-order valence-electron chi connectivity index (χ3n) is 3.64. The van der Waals surface area contributed by atoms with Gasteiger partial charge in [0.15, 0.2) is 0 Å². The number of H-pyrrole nitrogens is 1. The number of benzene rings is 1. The minimum absolute atomic E-state index is 0.250. The number of aliphatic hydroxyl groups is 1. The van der Waals surface area contributed by atoms with E-state index in [9.17, 15) is 5.11 Å². The van der Waals surface area contributed by atoms with Crippen LogP contribution >= 0.6 is 11.3 Å². The molecule has 3 rings (SSSR count). The van der Waals surface area contributed by atoms with Crippen molar-refractivity contribution in [1.29, 1.82) is 0 Å². The van der Waals surface area contributed by atoms with E-state index < -0.39 is 6.10 Å². The summed E-state index contributed by atoms with van der Waals surface area (Å²) >= 11 is 1.77. The van der Waals surface area contributed by atoms with Crippen molar-refractivity contribution in [2.75, 3.05) is 13.2 Å². The largest absolute Gasteiger partial charge is 0.490 e. The van der Waals surface area contributed by atoms with Crippen LogP contribution in [0.15, 0.2) is 30.3 Å². The topological polar surface area (TPSA) is 70.2 Å². The summed E-state index contributed by atoms with van der Waals surface area (Å²) in [6.07, 6.45) is -0.557. The molecule has 0 aliphatic rings. The zero-order valence-corrected chi connectivity index (χ0v) is 14.1. The Bertz CT molecular complexity index is 781. The van der Waals surface area contributed by atoms with Crippen molar-refractivity contribution in [1.82, 2.24) is 15.5 Å². The maximum absolute atomic E-state index is 10.1. The summed E-state index contributed by atoms with van der Waals surface area (Å²) in [5.74, 6) is 0.752. The Morgan fingerprint density at radius 1 is 1.30 bits per heavy atom. The summed E-state index contributed by atoms with van der Waals surface area (Å²) in [6.45, 7) is 5.55. The second-order valence-corrected chi connectivity index (χ2v) is 6.97. The monoisotopic (exact) mass is 331 g/mol. The van der Waals surface area contributed by atoms with Crippen molar-refractivity contribution < 1.29 is 9.84 Å². The molecule has 2 heterocycles. The van der Waals surface area contributed by atoms with Gasteiger partial charge in [0.2, 0.25) is 0 Å². The number of nitrogens with zero attached hydrogens (tertiary/aromatic N) is 1. The van der Waals surface area contributed by atoms with Crippen LogP contribution in [0.2, 0.25) is 0 Å². The van der Waals surface area contributed by atoms with Crippen LogP contribution in [0.5, 0.6) is 5.75 Å². The van der Waals surface area contributed by atoms with Gasteiger partial charge in [0, 0.05) is 22.8 Å². The number of fused-ring (bicyclic) bond motifs is 1. The fourth-order valence-electron chi connectivity index (χ4n) is 2.50. The molecule has 3 N–H and O–H groups in total. The summed E-state index contributed by atoms with van der Waals surface area (Å²) in [7, 11) is 0. The molecule has 0 saturated carbocycles. The van der Waals surface area contributed by atoms with Crippen molar-refractivity contribution in [2.45, 2.75) is 26.5 Å². The second kappa shape index (κ2) is 7.12. The molecule has 0 radical (unpaired) electrons. The minimum atomic E-state index is -0.557. The summed E-state index contributed by atoms with van der Waals surface area (Å²) in [5.41, 5.74) is 1.84. The number of hydrogen-bond donors (Lipinski definition) is 3. The third-order valence-corrected chi connectivity index (χ3v) is 4.64. The van der Waals surface area contributed by atoms with E-state index in [1.807, 2.05) is 25.1 Å². The average molecular weight is 331 g/mol. The lowest BCUT2D eigenvalue weighted by Gasteiger charge is -2.13. The first-order valence-electron chi connectivity index (χ1n) is 7.64. The molecule has 5 nitrogen and oxygen atoms in total. The Balaban J connectivity index is 1.50. The summed E-state index contributed by atoms with van der Waals surface area (Å²) in [6, 6.07) is 10.00. The molecule has 0 fully saturated rings.